The van der Waals surface area contributed by atoms with Crippen LogP contribution in [-0.2, 0) is 0 Å². The number of alkyl halides is 6. The number of aromatic nitrogens is 2. The standard InChI is InChI=1S/C23H14F6N4S2/c1-19-15(32-17(34-19)11-7-3-5-9-30-11)13-14(22(26,27)23(28,29)21(13,24)25)16-20(19,2)35-18(33-16)12-8-4-6-10-31-12/h3-10H,1-2H3/t19-,20-/m1/s1. The predicted octanol–water partition coefficient (Wildman–Crippen LogP) is 6.12. The van der Waals surface area contributed by atoms with Gasteiger partial charge in [0, 0.05) is 12.4 Å². The van der Waals surface area contributed by atoms with E-state index in [4.69, 9.17) is 0 Å². The Labute approximate surface area is 203 Å². The van der Waals surface area contributed by atoms with Crippen LogP contribution in [0.1, 0.15) is 25.2 Å². The number of hydrogen-bond donors (Lipinski definition) is 0. The fourth-order valence-corrected chi connectivity index (χ4v) is 7.56. The molecule has 2 aromatic rings. The van der Waals surface area contributed by atoms with Gasteiger partial charge in [0.05, 0.1) is 43.4 Å². The van der Waals surface area contributed by atoms with Gasteiger partial charge < -0.3 is 0 Å². The third-order valence-electron chi connectivity index (χ3n) is 6.75. The minimum Gasteiger partial charge on any atom is -0.254 e. The quantitative estimate of drug-likeness (QED) is 0.444. The molecule has 6 rings (SSSR count). The molecule has 0 spiro atoms. The van der Waals surface area contributed by atoms with Crippen LogP contribution in [0, 0.1) is 0 Å². The maximum atomic E-state index is 15.2. The van der Waals surface area contributed by atoms with Crippen molar-refractivity contribution in [2.45, 2.75) is 41.1 Å². The summed E-state index contributed by atoms with van der Waals surface area (Å²) in [7, 11) is 0. The van der Waals surface area contributed by atoms with E-state index in [1.54, 1.807) is 50.2 Å². The van der Waals surface area contributed by atoms with Crippen LogP contribution in [0.25, 0.3) is 0 Å². The van der Waals surface area contributed by atoms with E-state index < -0.39 is 49.8 Å². The lowest BCUT2D eigenvalue weighted by Crippen LogP contribution is -2.49. The van der Waals surface area contributed by atoms with Gasteiger partial charge in [-0.3, -0.25) is 9.97 Å². The molecule has 0 radical (unpaired) electrons. The summed E-state index contributed by atoms with van der Waals surface area (Å²) in [4.78, 5) is 16.9. The Hall–Kier alpha value is -2.60. The Morgan fingerprint density at radius 2 is 1.03 bits per heavy atom. The van der Waals surface area contributed by atoms with Gasteiger partial charge in [0.2, 0.25) is 0 Å². The molecule has 4 heterocycles. The summed E-state index contributed by atoms with van der Waals surface area (Å²) in [5.41, 5.74) is -3.27. The molecule has 1 saturated carbocycles. The van der Waals surface area contributed by atoms with Crippen molar-refractivity contribution < 1.29 is 26.3 Å². The van der Waals surface area contributed by atoms with Crippen LogP contribution in [0.3, 0.4) is 0 Å². The molecule has 2 aliphatic carbocycles. The van der Waals surface area contributed by atoms with Crippen molar-refractivity contribution in [3.05, 3.63) is 82.7 Å². The fourth-order valence-electron chi connectivity index (χ4n) is 4.74. The third-order valence-corrected chi connectivity index (χ3v) is 9.89. The van der Waals surface area contributed by atoms with Gasteiger partial charge in [-0.1, -0.05) is 35.7 Å². The van der Waals surface area contributed by atoms with Crippen molar-refractivity contribution in [2.75, 3.05) is 0 Å². The number of nitrogens with zero attached hydrogens (tertiary/aromatic N) is 4. The molecule has 0 amide bonds. The first-order valence-corrected chi connectivity index (χ1v) is 12.0. The van der Waals surface area contributed by atoms with E-state index in [1.807, 2.05) is 0 Å². The molecule has 0 bridgehead atoms. The molecular weight excluding hydrogens is 510 g/mol. The van der Waals surface area contributed by atoms with Crippen LogP contribution in [-0.4, -0.2) is 47.3 Å². The Bertz CT molecular complexity index is 1300. The zero-order valence-corrected chi connectivity index (χ0v) is 19.6. The van der Waals surface area contributed by atoms with Crippen molar-refractivity contribution in [2.24, 2.45) is 9.98 Å². The molecule has 2 aromatic heterocycles. The molecule has 0 saturated heterocycles. The molecule has 4 nitrogen and oxygen atoms in total. The fraction of sp³-hybridized carbons (Fsp3) is 0.304. The topological polar surface area (TPSA) is 50.5 Å². The van der Waals surface area contributed by atoms with Gasteiger partial charge in [-0.15, -0.1) is 0 Å². The lowest BCUT2D eigenvalue weighted by atomic mass is 9.77. The number of aliphatic imine (C=N–C) groups is 2. The largest absolute Gasteiger partial charge is 0.380 e. The van der Waals surface area contributed by atoms with Gasteiger partial charge in [-0.25, -0.2) is 9.98 Å². The molecule has 1 fully saturated rings. The summed E-state index contributed by atoms with van der Waals surface area (Å²) in [6, 6.07) is 9.77. The van der Waals surface area contributed by atoms with Crippen LogP contribution in [0.4, 0.5) is 26.3 Å². The number of rotatable bonds is 2. The Balaban J connectivity index is 1.68. The average molecular weight is 525 g/mol. The van der Waals surface area contributed by atoms with E-state index >= 15 is 17.6 Å². The number of halogens is 6. The van der Waals surface area contributed by atoms with Crippen LogP contribution < -0.4 is 0 Å². The molecule has 2 aliphatic heterocycles. The lowest BCUT2D eigenvalue weighted by Gasteiger charge is -2.44. The zero-order chi connectivity index (χ0) is 25.0. The highest BCUT2D eigenvalue weighted by molar-refractivity contribution is 8.19. The Morgan fingerprint density at radius 3 is 1.37 bits per heavy atom. The summed E-state index contributed by atoms with van der Waals surface area (Å²) >= 11 is 2.06. The first-order valence-electron chi connectivity index (χ1n) is 10.4. The van der Waals surface area contributed by atoms with E-state index in [0.29, 0.717) is 11.4 Å². The third kappa shape index (κ3) is 2.59. The molecular formula is C23H14F6N4S2. The van der Waals surface area contributed by atoms with Crippen molar-refractivity contribution in [3.8, 4) is 0 Å². The molecule has 0 unspecified atom stereocenters. The van der Waals surface area contributed by atoms with Gasteiger partial charge in [-0.05, 0) is 38.1 Å². The molecule has 180 valence electrons. The van der Waals surface area contributed by atoms with Crippen molar-refractivity contribution in [1.82, 2.24) is 9.97 Å². The van der Waals surface area contributed by atoms with E-state index in [1.165, 1.54) is 12.4 Å². The molecule has 0 N–H and O–H groups in total. The summed E-state index contributed by atoms with van der Waals surface area (Å²) in [5.74, 6) is -16.0. The molecule has 2 atom stereocenters. The Kier molecular flexibility index (Phi) is 4.43. The van der Waals surface area contributed by atoms with Gasteiger partial charge in [0.15, 0.2) is 0 Å². The SMILES string of the molecule is C[C@@]12SC(c3ccccn3)=NC1=C1C(=C3N=C(c4ccccn4)S[C@]32C)C(F)(F)C(F)(F)C1(F)F. The summed E-state index contributed by atoms with van der Waals surface area (Å²) in [6.45, 7) is 3.09. The number of thioether (sulfide) groups is 2. The van der Waals surface area contributed by atoms with Crippen LogP contribution >= 0.6 is 23.5 Å². The van der Waals surface area contributed by atoms with E-state index in [9.17, 15) is 8.78 Å². The average Bonchev–Trinajstić information content (AvgIpc) is 3.40. The van der Waals surface area contributed by atoms with Gasteiger partial charge in [0.1, 0.15) is 10.1 Å². The number of allylic oxidation sites excluding steroid dienone is 2. The number of pyridine rings is 2. The smallest absolute Gasteiger partial charge is 0.254 e. The van der Waals surface area contributed by atoms with Crippen molar-refractivity contribution in [1.29, 1.82) is 0 Å². The number of hydrogen-bond acceptors (Lipinski definition) is 6. The number of fused-ring (bicyclic) bond motifs is 4. The predicted molar refractivity (Wildman–Crippen MR) is 122 cm³/mol. The van der Waals surface area contributed by atoms with E-state index in [-0.39, 0.29) is 10.1 Å². The molecule has 12 heteroatoms. The second-order valence-electron chi connectivity index (χ2n) is 8.70. The first-order chi connectivity index (χ1) is 16.4. The van der Waals surface area contributed by atoms with Crippen LogP contribution in [0.5, 0.6) is 0 Å². The van der Waals surface area contributed by atoms with Gasteiger partial charge >= 0.3 is 17.8 Å². The maximum absolute atomic E-state index is 15.2. The lowest BCUT2D eigenvalue weighted by molar-refractivity contribution is -0.258. The summed E-state index contributed by atoms with van der Waals surface area (Å²) in [5, 5.41) is 0.359. The highest BCUT2D eigenvalue weighted by Crippen LogP contribution is 2.72. The second kappa shape index (κ2) is 6.78. The highest BCUT2D eigenvalue weighted by atomic mass is 32.2. The summed E-state index contributed by atoms with van der Waals surface area (Å²) in [6.07, 6.45) is 2.94. The Morgan fingerprint density at radius 1 is 0.629 bits per heavy atom. The first kappa shape index (κ1) is 22.8. The normalized spacial score (nSPS) is 31.7. The molecule has 35 heavy (non-hydrogen) atoms. The van der Waals surface area contributed by atoms with Crippen LogP contribution in [0.2, 0.25) is 0 Å². The highest BCUT2D eigenvalue weighted by Gasteiger charge is 2.85. The zero-order valence-electron chi connectivity index (χ0n) is 18.0. The molecule has 4 aliphatic rings. The minimum absolute atomic E-state index is 0.179. The van der Waals surface area contributed by atoms with Crippen LogP contribution in [0.15, 0.2) is 81.3 Å². The van der Waals surface area contributed by atoms with Gasteiger partial charge in [-0.2, -0.15) is 26.3 Å². The van der Waals surface area contributed by atoms with Crippen molar-refractivity contribution >= 4 is 33.6 Å². The second-order valence-corrected chi connectivity index (χ2v) is 11.5. The van der Waals surface area contributed by atoms with E-state index in [2.05, 4.69) is 20.0 Å². The maximum Gasteiger partial charge on any atom is 0.380 e. The molecule has 0 aromatic carbocycles. The van der Waals surface area contributed by atoms with Gasteiger partial charge in [0.25, 0.3) is 0 Å². The monoisotopic (exact) mass is 524 g/mol. The summed E-state index contributed by atoms with van der Waals surface area (Å²) < 4.78 is 87.4. The van der Waals surface area contributed by atoms with E-state index in [0.717, 1.165) is 23.5 Å². The van der Waals surface area contributed by atoms with Crippen molar-refractivity contribution in [3.63, 3.8) is 0 Å². The minimum atomic E-state index is -5.65.